The van der Waals surface area contributed by atoms with E-state index in [1.54, 1.807) is 13.0 Å². The molecule has 1 aliphatic rings. The van der Waals surface area contributed by atoms with Crippen LogP contribution >= 0.6 is 0 Å². The summed E-state index contributed by atoms with van der Waals surface area (Å²) in [6.07, 6.45) is 0.603. The average molecular weight is 326 g/mol. The third-order valence-corrected chi connectivity index (χ3v) is 4.07. The molecule has 2 aromatic rings. The number of aromatic nitrogens is 3. The van der Waals surface area contributed by atoms with Gasteiger partial charge in [0, 0.05) is 26.1 Å². The molecule has 0 spiro atoms. The zero-order valence-corrected chi connectivity index (χ0v) is 13.8. The molecule has 8 heteroatoms. The second-order valence-electron chi connectivity index (χ2n) is 6.01. The molecule has 0 aromatic carbocycles. The molecule has 8 nitrogen and oxygen atoms in total. The fourth-order valence-corrected chi connectivity index (χ4v) is 3.03. The van der Waals surface area contributed by atoms with Crippen LogP contribution < -0.4 is 10.2 Å². The molecular weight excluding hydrogens is 308 g/mol. The van der Waals surface area contributed by atoms with Crippen LogP contribution in [0, 0.1) is 25.2 Å². The van der Waals surface area contributed by atoms with E-state index in [4.69, 9.17) is 4.52 Å². The topological polar surface area (TPSA) is 108 Å². The number of pyridine rings is 1. The lowest BCUT2D eigenvalue weighted by Gasteiger charge is -2.27. The fourth-order valence-electron chi connectivity index (χ4n) is 3.03. The van der Waals surface area contributed by atoms with Crippen LogP contribution in [-0.4, -0.2) is 34.1 Å². The Hall–Kier alpha value is -2.95. The van der Waals surface area contributed by atoms with E-state index in [9.17, 15) is 10.1 Å². The normalized spacial score (nSPS) is 20.0. The van der Waals surface area contributed by atoms with E-state index in [-0.39, 0.29) is 5.91 Å². The van der Waals surface area contributed by atoms with E-state index in [2.05, 4.69) is 26.5 Å². The van der Waals surface area contributed by atoms with Crippen LogP contribution in [0.25, 0.3) is 0 Å². The molecule has 1 amide bonds. The lowest BCUT2D eigenvalue weighted by Crippen LogP contribution is -2.48. The van der Waals surface area contributed by atoms with Crippen molar-refractivity contribution < 1.29 is 9.32 Å². The van der Waals surface area contributed by atoms with Crippen LogP contribution in [0.2, 0.25) is 0 Å². The number of carbonyl (C=O) groups is 1. The van der Waals surface area contributed by atoms with Gasteiger partial charge >= 0.3 is 0 Å². The van der Waals surface area contributed by atoms with Crippen molar-refractivity contribution in [2.45, 2.75) is 32.7 Å². The molecule has 0 saturated carbocycles. The summed E-state index contributed by atoms with van der Waals surface area (Å²) in [5.74, 6) is 1.34. The number of aryl methyl sites for hydroxylation is 2. The predicted octanol–water partition coefficient (Wildman–Crippen LogP) is 1.19. The summed E-state index contributed by atoms with van der Waals surface area (Å²) < 4.78 is 5.09. The van der Waals surface area contributed by atoms with Gasteiger partial charge in [-0.05, 0) is 25.5 Å². The maximum Gasteiger partial charge on any atom is 0.223 e. The third kappa shape index (κ3) is 2.80. The van der Waals surface area contributed by atoms with Crippen molar-refractivity contribution in [2.75, 3.05) is 18.0 Å². The first kappa shape index (κ1) is 15.9. The van der Waals surface area contributed by atoms with E-state index in [1.165, 1.54) is 6.92 Å². The number of carbonyl (C=O) groups excluding carboxylic acids is 1. The van der Waals surface area contributed by atoms with Gasteiger partial charge in [-0.1, -0.05) is 5.16 Å². The van der Waals surface area contributed by atoms with Gasteiger partial charge in [-0.3, -0.25) is 4.79 Å². The Morgan fingerprint density at radius 1 is 1.42 bits per heavy atom. The van der Waals surface area contributed by atoms with Crippen molar-refractivity contribution in [1.82, 2.24) is 20.4 Å². The Bertz CT molecular complexity index is 824. The molecule has 0 radical (unpaired) electrons. The summed E-state index contributed by atoms with van der Waals surface area (Å²) >= 11 is 0. The van der Waals surface area contributed by atoms with E-state index < -0.39 is 5.54 Å². The number of hydrogen-bond donors (Lipinski definition) is 1. The molecular formula is C16H18N6O2. The molecule has 0 bridgehead atoms. The van der Waals surface area contributed by atoms with E-state index in [1.807, 2.05) is 17.9 Å². The lowest BCUT2D eigenvalue weighted by atomic mass is 9.97. The number of nitrogens with one attached hydrogen (secondary N) is 1. The first-order valence-corrected chi connectivity index (χ1v) is 7.66. The molecule has 24 heavy (non-hydrogen) atoms. The molecule has 1 fully saturated rings. The van der Waals surface area contributed by atoms with Gasteiger partial charge in [0.25, 0.3) is 0 Å². The molecule has 3 rings (SSSR count). The van der Waals surface area contributed by atoms with Crippen LogP contribution in [0.15, 0.2) is 16.7 Å². The molecule has 1 saturated heterocycles. The van der Waals surface area contributed by atoms with E-state index >= 15 is 0 Å². The van der Waals surface area contributed by atoms with Gasteiger partial charge in [0.05, 0.1) is 12.1 Å². The molecule has 1 N–H and O–H groups in total. The largest absolute Gasteiger partial charge is 0.353 e. The molecule has 1 atom stereocenters. The second kappa shape index (κ2) is 5.92. The Kier molecular flexibility index (Phi) is 3.93. The highest BCUT2D eigenvalue weighted by Crippen LogP contribution is 2.34. The lowest BCUT2D eigenvalue weighted by molar-refractivity contribution is -0.120. The van der Waals surface area contributed by atoms with Gasteiger partial charge in [-0.25, -0.2) is 4.98 Å². The number of amides is 1. The van der Waals surface area contributed by atoms with Gasteiger partial charge < -0.3 is 14.7 Å². The number of anilines is 1. The van der Waals surface area contributed by atoms with Gasteiger partial charge in [0.1, 0.15) is 17.4 Å². The summed E-state index contributed by atoms with van der Waals surface area (Å²) in [4.78, 5) is 22.5. The van der Waals surface area contributed by atoms with Crippen molar-refractivity contribution in [1.29, 1.82) is 5.26 Å². The van der Waals surface area contributed by atoms with Crippen molar-refractivity contribution in [3.05, 3.63) is 35.1 Å². The van der Waals surface area contributed by atoms with Crippen LogP contribution in [0.3, 0.4) is 0 Å². The standard InChI is InChI=1S/C16H18N6O2/c1-10-4-5-13(8-17)14(18-10)22-7-6-16(9-22,20-11(2)23)15-19-12(3)24-21-15/h4-5H,6-7,9H2,1-3H3,(H,20,23)/t16-/m1/s1. The van der Waals surface area contributed by atoms with Crippen molar-refractivity contribution >= 4 is 11.7 Å². The second-order valence-corrected chi connectivity index (χ2v) is 6.01. The molecule has 0 unspecified atom stereocenters. The minimum absolute atomic E-state index is 0.169. The van der Waals surface area contributed by atoms with Gasteiger partial charge in [0.15, 0.2) is 5.82 Å². The van der Waals surface area contributed by atoms with Gasteiger partial charge in [-0.2, -0.15) is 10.2 Å². The Balaban J connectivity index is 1.98. The maximum atomic E-state index is 11.7. The molecule has 124 valence electrons. The third-order valence-electron chi connectivity index (χ3n) is 4.07. The predicted molar refractivity (Wildman–Crippen MR) is 85.0 cm³/mol. The van der Waals surface area contributed by atoms with Crippen LogP contribution in [0.1, 0.15) is 36.3 Å². The molecule has 0 aliphatic carbocycles. The maximum absolute atomic E-state index is 11.7. The van der Waals surface area contributed by atoms with Crippen molar-refractivity contribution in [2.24, 2.45) is 0 Å². The van der Waals surface area contributed by atoms with Gasteiger partial charge in [-0.15, -0.1) is 0 Å². The highest BCUT2D eigenvalue weighted by Gasteiger charge is 2.45. The zero-order valence-electron chi connectivity index (χ0n) is 13.8. The average Bonchev–Trinajstić information content (AvgIpc) is 3.14. The summed E-state index contributed by atoms with van der Waals surface area (Å²) in [6, 6.07) is 5.74. The monoisotopic (exact) mass is 326 g/mol. The summed E-state index contributed by atoms with van der Waals surface area (Å²) in [7, 11) is 0. The first-order chi connectivity index (χ1) is 11.4. The number of nitriles is 1. The number of rotatable bonds is 3. The SMILES string of the molecule is CC(=O)N[C@]1(c2noc(C)n2)CCN(c2nc(C)ccc2C#N)C1. The smallest absolute Gasteiger partial charge is 0.223 e. The number of nitrogens with zero attached hydrogens (tertiary/aromatic N) is 5. The van der Waals surface area contributed by atoms with E-state index in [0.29, 0.717) is 42.6 Å². The highest BCUT2D eigenvalue weighted by atomic mass is 16.5. The quantitative estimate of drug-likeness (QED) is 0.902. The van der Waals surface area contributed by atoms with Crippen LogP contribution in [-0.2, 0) is 10.3 Å². The minimum Gasteiger partial charge on any atom is -0.353 e. The van der Waals surface area contributed by atoms with Gasteiger partial charge in [0.2, 0.25) is 11.8 Å². The minimum atomic E-state index is -0.748. The first-order valence-electron chi connectivity index (χ1n) is 7.66. The Morgan fingerprint density at radius 3 is 2.83 bits per heavy atom. The summed E-state index contributed by atoms with van der Waals surface area (Å²) in [5.41, 5.74) is 0.585. The molecule has 3 heterocycles. The fraction of sp³-hybridized carbons (Fsp3) is 0.438. The van der Waals surface area contributed by atoms with Crippen LogP contribution in [0.5, 0.6) is 0 Å². The van der Waals surface area contributed by atoms with Crippen LogP contribution in [0.4, 0.5) is 5.82 Å². The summed E-state index contributed by atoms with van der Waals surface area (Å²) in [6.45, 7) is 6.10. The Morgan fingerprint density at radius 2 is 2.21 bits per heavy atom. The number of hydrogen-bond acceptors (Lipinski definition) is 7. The van der Waals surface area contributed by atoms with Crippen molar-refractivity contribution in [3.8, 4) is 6.07 Å². The molecule has 2 aromatic heterocycles. The highest BCUT2D eigenvalue weighted by molar-refractivity contribution is 5.74. The molecule has 1 aliphatic heterocycles. The van der Waals surface area contributed by atoms with E-state index in [0.717, 1.165) is 5.69 Å². The van der Waals surface area contributed by atoms with Crippen molar-refractivity contribution in [3.63, 3.8) is 0 Å². The zero-order chi connectivity index (χ0) is 17.3. The Labute approximate surface area is 139 Å². The summed E-state index contributed by atoms with van der Waals surface area (Å²) in [5, 5.41) is 16.3.